The smallest absolute Gasteiger partial charge is 0.354 e. The van der Waals surface area contributed by atoms with Gasteiger partial charge in [-0.05, 0) is 55.5 Å². The Bertz CT molecular complexity index is 1210. The number of rotatable bonds is 5. The summed E-state index contributed by atoms with van der Waals surface area (Å²) in [5.41, 5.74) is 2.50. The van der Waals surface area contributed by atoms with Gasteiger partial charge in [0.2, 0.25) is 0 Å². The molecule has 0 bridgehead atoms. The van der Waals surface area contributed by atoms with Crippen molar-refractivity contribution in [3.05, 3.63) is 77.1 Å². The van der Waals surface area contributed by atoms with Crippen LogP contribution in [0.2, 0.25) is 5.02 Å². The third kappa shape index (κ3) is 4.02. The van der Waals surface area contributed by atoms with Crippen LogP contribution in [-0.2, 0) is 4.74 Å². The Morgan fingerprint density at radius 2 is 1.97 bits per heavy atom. The summed E-state index contributed by atoms with van der Waals surface area (Å²) >= 11 is 6.01. The van der Waals surface area contributed by atoms with Gasteiger partial charge in [-0.15, -0.1) is 0 Å². The number of amides is 1. The molecule has 0 fully saturated rings. The lowest BCUT2D eigenvalue weighted by Crippen LogP contribution is -2.10. The third-order valence-electron chi connectivity index (χ3n) is 4.31. The van der Waals surface area contributed by atoms with Gasteiger partial charge in [0.1, 0.15) is 11.5 Å². The number of nitrogens with one attached hydrogen (secondary N) is 2. The molecule has 6 nitrogen and oxygen atoms in total. The van der Waals surface area contributed by atoms with E-state index < -0.39 is 5.97 Å². The summed E-state index contributed by atoms with van der Waals surface area (Å²) in [4.78, 5) is 27.4. The fraction of sp³-hybridized carbons (Fsp3) is 0.0909. The van der Waals surface area contributed by atoms with Gasteiger partial charge in [-0.2, -0.15) is 0 Å². The monoisotopic (exact) mass is 408 g/mol. The van der Waals surface area contributed by atoms with E-state index in [4.69, 9.17) is 20.8 Å². The number of benzene rings is 2. The molecule has 29 heavy (non-hydrogen) atoms. The number of aromatic amines is 1. The van der Waals surface area contributed by atoms with E-state index in [1.54, 1.807) is 55.5 Å². The number of hydrogen-bond acceptors (Lipinski definition) is 4. The second-order valence-electron chi connectivity index (χ2n) is 6.33. The Morgan fingerprint density at radius 3 is 2.76 bits per heavy atom. The maximum absolute atomic E-state index is 12.5. The zero-order chi connectivity index (χ0) is 20.4. The van der Waals surface area contributed by atoms with Crippen LogP contribution in [0, 0.1) is 0 Å². The lowest BCUT2D eigenvalue weighted by Gasteiger charge is -2.03. The second-order valence-corrected chi connectivity index (χ2v) is 6.77. The van der Waals surface area contributed by atoms with Crippen LogP contribution in [0.5, 0.6) is 0 Å². The minimum absolute atomic E-state index is 0.182. The van der Waals surface area contributed by atoms with Gasteiger partial charge in [0.05, 0.1) is 6.61 Å². The summed E-state index contributed by atoms with van der Waals surface area (Å²) in [5.74, 6) is -0.0589. The SMILES string of the molecule is CCOC(=O)c1cc2cc(NC(=O)c3ccc(-c4cccc(Cl)c4)o3)ccc2[nH]1. The van der Waals surface area contributed by atoms with Crippen molar-refractivity contribution in [1.29, 1.82) is 0 Å². The Balaban J connectivity index is 1.52. The summed E-state index contributed by atoms with van der Waals surface area (Å²) < 4.78 is 10.7. The predicted octanol–water partition coefficient (Wildman–Crippen LogP) is 5.51. The normalized spacial score (nSPS) is 10.8. The standard InChI is InChI=1S/C22H17ClN2O4/c1-2-28-22(27)18-12-14-11-16(6-7-17(14)25-18)24-21(26)20-9-8-19(29-20)13-4-3-5-15(23)10-13/h3-12,25H,2H2,1H3,(H,24,26). The Morgan fingerprint density at radius 1 is 1.10 bits per heavy atom. The van der Waals surface area contributed by atoms with Gasteiger partial charge in [0.15, 0.2) is 5.76 Å². The molecule has 0 saturated heterocycles. The van der Waals surface area contributed by atoms with Crippen LogP contribution in [0.3, 0.4) is 0 Å². The van der Waals surface area contributed by atoms with E-state index in [2.05, 4.69) is 10.3 Å². The van der Waals surface area contributed by atoms with Crippen molar-refractivity contribution in [2.45, 2.75) is 6.92 Å². The molecule has 146 valence electrons. The van der Waals surface area contributed by atoms with Crippen molar-refractivity contribution in [2.24, 2.45) is 0 Å². The first kappa shape index (κ1) is 18.8. The molecule has 4 rings (SSSR count). The van der Waals surface area contributed by atoms with E-state index in [0.29, 0.717) is 28.8 Å². The molecular formula is C22H17ClN2O4. The van der Waals surface area contributed by atoms with E-state index >= 15 is 0 Å². The van der Waals surface area contributed by atoms with Crippen molar-refractivity contribution < 1.29 is 18.7 Å². The van der Waals surface area contributed by atoms with Crippen LogP contribution < -0.4 is 5.32 Å². The second kappa shape index (κ2) is 7.85. The van der Waals surface area contributed by atoms with E-state index in [0.717, 1.165) is 16.5 Å². The Hall–Kier alpha value is -3.51. The molecule has 7 heteroatoms. The summed E-state index contributed by atoms with van der Waals surface area (Å²) in [6.45, 7) is 2.05. The van der Waals surface area contributed by atoms with Crippen LogP contribution in [-0.4, -0.2) is 23.5 Å². The summed E-state index contributed by atoms with van der Waals surface area (Å²) in [7, 11) is 0. The quantitative estimate of drug-likeness (QED) is 0.426. The highest BCUT2D eigenvalue weighted by Crippen LogP contribution is 2.26. The molecule has 0 aliphatic heterocycles. The largest absolute Gasteiger partial charge is 0.461 e. The van der Waals surface area contributed by atoms with Gasteiger partial charge in [-0.25, -0.2) is 4.79 Å². The minimum atomic E-state index is -0.418. The van der Waals surface area contributed by atoms with E-state index in [-0.39, 0.29) is 11.7 Å². The minimum Gasteiger partial charge on any atom is -0.461 e. The molecule has 0 atom stereocenters. The lowest BCUT2D eigenvalue weighted by molar-refractivity contribution is 0.0520. The molecule has 0 unspecified atom stereocenters. The van der Waals surface area contributed by atoms with Gasteiger partial charge in [-0.1, -0.05) is 23.7 Å². The number of H-pyrrole nitrogens is 1. The molecule has 0 aliphatic carbocycles. The number of esters is 1. The highest BCUT2D eigenvalue weighted by atomic mass is 35.5. The molecular weight excluding hydrogens is 392 g/mol. The van der Waals surface area contributed by atoms with Gasteiger partial charge in [0, 0.05) is 27.2 Å². The number of aromatic nitrogens is 1. The highest BCUT2D eigenvalue weighted by molar-refractivity contribution is 6.30. The zero-order valence-electron chi connectivity index (χ0n) is 15.5. The van der Waals surface area contributed by atoms with Crippen molar-refractivity contribution in [1.82, 2.24) is 4.98 Å². The fourth-order valence-electron chi connectivity index (χ4n) is 2.98. The molecule has 2 heterocycles. The number of hydrogen-bond donors (Lipinski definition) is 2. The summed E-state index contributed by atoms with van der Waals surface area (Å²) in [6, 6.07) is 17.5. The van der Waals surface area contributed by atoms with Crippen molar-refractivity contribution in [2.75, 3.05) is 11.9 Å². The molecule has 2 N–H and O–H groups in total. The molecule has 0 radical (unpaired) electrons. The third-order valence-corrected chi connectivity index (χ3v) is 4.55. The number of anilines is 1. The van der Waals surface area contributed by atoms with Gasteiger partial charge >= 0.3 is 5.97 Å². The number of halogens is 1. The van der Waals surface area contributed by atoms with E-state index in [9.17, 15) is 9.59 Å². The number of ether oxygens (including phenoxy) is 1. The van der Waals surface area contributed by atoms with Gasteiger partial charge < -0.3 is 19.5 Å². The van der Waals surface area contributed by atoms with E-state index in [1.807, 2.05) is 12.1 Å². The van der Waals surface area contributed by atoms with Crippen LogP contribution in [0.25, 0.3) is 22.2 Å². The average molecular weight is 409 g/mol. The molecule has 0 saturated carbocycles. The predicted molar refractivity (Wildman–Crippen MR) is 111 cm³/mol. The first-order chi connectivity index (χ1) is 14.0. The molecule has 0 spiro atoms. The van der Waals surface area contributed by atoms with Crippen molar-refractivity contribution in [3.8, 4) is 11.3 Å². The van der Waals surface area contributed by atoms with E-state index in [1.165, 1.54) is 0 Å². The molecule has 0 aliphatic rings. The fourth-order valence-corrected chi connectivity index (χ4v) is 3.17. The number of fused-ring (bicyclic) bond motifs is 1. The zero-order valence-corrected chi connectivity index (χ0v) is 16.2. The average Bonchev–Trinajstić information content (AvgIpc) is 3.35. The van der Waals surface area contributed by atoms with Crippen molar-refractivity contribution in [3.63, 3.8) is 0 Å². The highest BCUT2D eigenvalue weighted by Gasteiger charge is 2.14. The molecule has 1 amide bonds. The van der Waals surface area contributed by atoms with Gasteiger partial charge in [-0.3, -0.25) is 4.79 Å². The maximum Gasteiger partial charge on any atom is 0.354 e. The first-order valence-corrected chi connectivity index (χ1v) is 9.38. The Kier molecular flexibility index (Phi) is 5.10. The molecule has 2 aromatic heterocycles. The van der Waals surface area contributed by atoms with Crippen LogP contribution in [0.4, 0.5) is 5.69 Å². The first-order valence-electron chi connectivity index (χ1n) is 9.00. The van der Waals surface area contributed by atoms with Crippen LogP contribution >= 0.6 is 11.6 Å². The van der Waals surface area contributed by atoms with Crippen molar-refractivity contribution >= 4 is 40.1 Å². The number of carbonyl (C=O) groups is 2. The summed E-state index contributed by atoms with van der Waals surface area (Å²) in [6.07, 6.45) is 0. The van der Waals surface area contributed by atoms with Crippen LogP contribution in [0.1, 0.15) is 28.0 Å². The number of carbonyl (C=O) groups excluding carboxylic acids is 2. The number of furan rings is 1. The van der Waals surface area contributed by atoms with Crippen LogP contribution in [0.15, 0.2) is 65.1 Å². The topological polar surface area (TPSA) is 84.3 Å². The Labute approximate surface area is 171 Å². The van der Waals surface area contributed by atoms with Gasteiger partial charge in [0.25, 0.3) is 5.91 Å². The maximum atomic E-state index is 12.5. The molecule has 2 aromatic carbocycles. The molecule has 4 aromatic rings. The lowest BCUT2D eigenvalue weighted by atomic mass is 10.2. The summed E-state index contributed by atoms with van der Waals surface area (Å²) in [5, 5.41) is 4.17.